The highest BCUT2D eigenvalue weighted by Crippen LogP contribution is 2.08. The van der Waals surface area contributed by atoms with Crippen LogP contribution in [0.25, 0.3) is 0 Å². The Labute approximate surface area is 113 Å². The molecule has 19 heavy (non-hydrogen) atoms. The topological polar surface area (TPSA) is 70.7 Å². The minimum absolute atomic E-state index is 0.0194. The summed E-state index contributed by atoms with van der Waals surface area (Å²) in [4.78, 5) is 25.0. The standard InChI is InChI=1S/C13H23N3O3/c17-12-10-16(8-1-5-15-12)13(18)4-9-19-11-2-6-14-7-3-11/h11,14H,1-10H2,(H,15,17). The number of nitrogens with one attached hydrogen (secondary N) is 2. The monoisotopic (exact) mass is 269 g/mol. The van der Waals surface area contributed by atoms with Crippen molar-refractivity contribution in [2.75, 3.05) is 39.3 Å². The number of amides is 2. The quantitative estimate of drug-likeness (QED) is 0.721. The predicted octanol–water partition coefficient (Wildman–Crippen LogP) is -0.506. The summed E-state index contributed by atoms with van der Waals surface area (Å²) in [5.74, 6) is -0.0453. The highest BCUT2D eigenvalue weighted by atomic mass is 16.5. The van der Waals surface area contributed by atoms with Gasteiger partial charge in [-0.1, -0.05) is 0 Å². The van der Waals surface area contributed by atoms with Crippen LogP contribution in [-0.4, -0.2) is 62.1 Å². The Hall–Kier alpha value is -1.14. The molecule has 0 aliphatic carbocycles. The third-order valence-electron chi connectivity index (χ3n) is 3.57. The first kappa shape index (κ1) is 14.3. The van der Waals surface area contributed by atoms with Gasteiger partial charge in [-0.05, 0) is 32.4 Å². The number of rotatable bonds is 4. The van der Waals surface area contributed by atoms with Gasteiger partial charge < -0.3 is 20.3 Å². The van der Waals surface area contributed by atoms with Crippen LogP contribution in [0.15, 0.2) is 0 Å². The average molecular weight is 269 g/mol. The van der Waals surface area contributed by atoms with Crippen molar-refractivity contribution in [3.63, 3.8) is 0 Å². The number of hydrogen-bond donors (Lipinski definition) is 2. The maximum absolute atomic E-state index is 12.0. The minimum atomic E-state index is -0.0647. The molecule has 2 amide bonds. The molecule has 0 radical (unpaired) electrons. The van der Waals surface area contributed by atoms with Crippen LogP contribution in [0.4, 0.5) is 0 Å². The zero-order chi connectivity index (χ0) is 13.5. The van der Waals surface area contributed by atoms with Gasteiger partial charge in [0, 0.05) is 13.1 Å². The molecule has 0 saturated carbocycles. The Bertz CT molecular complexity index is 316. The molecular formula is C13H23N3O3. The van der Waals surface area contributed by atoms with Crippen molar-refractivity contribution in [2.45, 2.75) is 31.8 Å². The first-order valence-corrected chi connectivity index (χ1v) is 7.12. The highest BCUT2D eigenvalue weighted by Gasteiger charge is 2.20. The van der Waals surface area contributed by atoms with Crippen LogP contribution >= 0.6 is 0 Å². The highest BCUT2D eigenvalue weighted by molar-refractivity contribution is 5.85. The molecule has 108 valence electrons. The van der Waals surface area contributed by atoms with Gasteiger partial charge in [-0.3, -0.25) is 9.59 Å². The number of carbonyl (C=O) groups is 2. The molecule has 0 bridgehead atoms. The lowest BCUT2D eigenvalue weighted by Crippen LogP contribution is -2.38. The van der Waals surface area contributed by atoms with Crippen molar-refractivity contribution in [1.82, 2.24) is 15.5 Å². The van der Waals surface area contributed by atoms with Gasteiger partial charge in [-0.2, -0.15) is 0 Å². The second-order valence-corrected chi connectivity index (χ2v) is 5.09. The summed E-state index contributed by atoms with van der Waals surface area (Å²) in [6.45, 7) is 3.95. The number of hydrogen-bond acceptors (Lipinski definition) is 4. The molecule has 6 heteroatoms. The molecule has 6 nitrogen and oxygen atoms in total. The van der Waals surface area contributed by atoms with Crippen LogP contribution in [0, 0.1) is 0 Å². The number of ether oxygens (including phenoxy) is 1. The third kappa shape index (κ3) is 4.80. The van der Waals surface area contributed by atoms with Gasteiger partial charge >= 0.3 is 0 Å². The Kier molecular flexibility index (Phi) is 5.60. The Morgan fingerprint density at radius 3 is 2.89 bits per heavy atom. The molecule has 0 atom stereocenters. The van der Waals surface area contributed by atoms with Crippen molar-refractivity contribution >= 4 is 11.8 Å². The Morgan fingerprint density at radius 2 is 2.11 bits per heavy atom. The molecule has 2 N–H and O–H groups in total. The van der Waals surface area contributed by atoms with E-state index in [1.165, 1.54) is 0 Å². The summed E-state index contributed by atoms with van der Waals surface area (Å²) in [6, 6.07) is 0. The van der Waals surface area contributed by atoms with Crippen molar-refractivity contribution in [3.05, 3.63) is 0 Å². The van der Waals surface area contributed by atoms with Gasteiger partial charge in [0.05, 0.1) is 25.7 Å². The summed E-state index contributed by atoms with van der Waals surface area (Å²) < 4.78 is 5.71. The predicted molar refractivity (Wildman–Crippen MR) is 70.7 cm³/mol. The fourth-order valence-corrected chi connectivity index (χ4v) is 2.45. The summed E-state index contributed by atoms with van der Waals surface area (Å²) in [7, 11) is 0. The van der Waals surface area contributed by atoms with Crippen LogP contribution in [0.2, 0.25) is 0 Å². The van der Waals surface area contributed by atoms with E-state index in [1.807, 2.05) is 0 Å². The summed E-state index contributed by atoms with van der Waals surface area (Å²) in [5, 5.41) is 6.04. The fourth-order valence-electron chi connectivity index (χ4n) is 2.45. The zero-order valence-corrected chi connectivity index (χ0v) is 11.3. The average Bonchev–Trinajstić information content (AvgIpc) is 2.64. The Morgan fingerprint density at radius 1 is 1.32 bits per heavy atom. The number of carbonyl (C=O) groups excluding carboxylic acids is 2. The largest absolute Gasteiger partial charge is 0.378 e. The van der Waals surface area contributed by atoms with Crippen molar-refractivity contribution < 1.29 is 14.3 Å². The van der Waals surface area contributed by atoms with Gasteiger partial charge in [-0.25, -0.2) is 0 Å². The van der Waals surface area contributed by atoms with E-state index in [2.05, 4.69) is 10.6 Å². The maximum atomic E-state index is 12.0. The molecule has 0 unspecified atom stereocenters. The van der Waals surface area contributed by atoms with Gasteiger partial charge in [0.1, 0.15) is 0 Å². The van der Waals surface area contributed by atoms with Crippen LogP contribution < -0.4 is 10.6 Å². The lowest BCUT2D eigenvalue weighted by Gasteiger charge is -2.24. The van der Waals surface area contributed by atoms with Crippen LogP contribution in [0.5, 0.6) is 0 Å². The first-order chi connectivity index (χ1) is 9.25. The molecule has 2 rings (SSSR count). The van der Waals surface area contributed by atoms with Gasteiger partial charge in [0.2, 0.25) is 11.8 Å². The second kappa shape index (κ2) is 7.45. The third-order valence-corrected chi connectivity index (χ3v) is 3.57. The molecule has 0 aromatic heterocycles. The fraction of sp³-hybridized carbons (Fsp3) is 0.846. The van der Waals surface area contributed by atoms with Crippen molar-refractivity contribution in [1.29, 1.82) is 0 Å². The smallest absolute Gasteiger partial charge is 0.239 e. The minimum Gasteiger partial charge on any atom is -0.378 e. The van der Waals surface area contributed by atoms with E-state index >= 15 is 0 Å². The van der Waals surface area contributed by atoms with Gasteiger partial charge in [-0.15, -0.1) is 0 Å². The lowest BCUT2D eigenvalue weighted by molar-refractivity contribution is -0.136. The summed E-state index contributed by atoms with van der Waals surface area (Å²) in [5.41, 5.74) is 0. The van der Waals surface area contributed by atoms with Crippen LogP contribution in [-0.2, 0) is 14.3 Å². The molecule has 0 spiro atoms. The Balaban J connectivity index is 1.66. The molecule has 2 aliphatic heterocycles. The van der Waals surface area contributed by atoms with E-state index in [9.17, 15) is 9.59 Å². The number of nitrogens with zero attached hydrogens (tertiary/aromatic N) is 1. The molecule has 2 heterocycles. The van der Waals surface area contributed by atoms with E-state index in [4.69, 9.17) is 4.74 Å². The van der Waals surface area contributed by atoms with E-state index in [0.29, 0.717) is 26.1 Å². The normalized spacial score (nSPS) is 21.9. The van der Waals surface area contributed by atoms with Crippen molar-refractivity contribution in [2.24, 2.45) is 0 Å². The molecule has 2 fully saturated rings. The van der Waals surface area contributed by atoms with Gasteiger partial charge in [0.15, 0.2) is 0 Å². The second-order valence-electron chi connectivity index (χ2n) is 5.09. The van der Waals surface area contributed by atoms with E-state index in [1.54, 1.807) is 4.90 Å². The SMILES string of the molecule is O=C1CN(C(=O)CCOC2CCNCC2)CCCN1. The maximum Gasteiger partial charge on any atom is 0.239 e. The molecule has 0 aromatic carbocycles. The first-order valence-electron chi connectivity index (χ1n) is 7.12. The molecule has 0 aromatic rings. The van der Waals surface area contributed by atoms with E-state index < -0.39 is 0 Å². The summed E-state index contributed by atoms with van der Waals surface area (Å²) >= 11 is 0. The van der Waals surface area contributed by atoms with Gasteiger partial charge in [0.25, 0.3) is 0 Å². The summed E-state index contributed by atoms with van der Waals surface area (Å²) in [6.07, 6.45) is 3.51. The lowest BCUT2D eigenvalue weighted by atomic mass is 10.1. The van der Waals surface area contributed by atoms with Crippen LogP contribution in [0.1, 0.15) is 25.7 Å². The number of piperidine rings is 1. The van der Waals surface area contributed by atoms with E-state index in [-0.39, 0.29) is 24.5 Å². The zero-order valence-electron chi connectivity index (χ0n) is 11.3. The molecular weight excluding hydrogens is 246 g/mol. The van der Waals surface area contributed by atoms with E-state index in [0.717, 1.165) is 32.4 Å². The molecule has 2 saturated heterocycles. The van der Waals surface area contributed by atoms with Crippen LogP contribution in [0.3, 0.4) is 0 Å². The van der Waals surface area contributed by atoms with Crippen molar-refractivity contribution in [3.8, 4) is 0 Å². The molecule has 2 aliphatic rings.